The lowest BCUT2D eigenvalue weighted by molar-refractivity contribution is -0.148. The topological polar surface area (TPSA) is 52.6 Å². The molecule has 0 amide bonds. The third kappa shape index (κ3) is 9.21. The maximum Gasteiger partial charge on any atom is 0.338 e. The minimum absolute atomic E-state index is 0.195. The molecule has 150 valence electrons. The Balaban J connectivity index is 4.70. The van der Waals surface area contributed by atoms with Gasteiger partial charge in [0.25, 0.3) is 0 Å². The maximum absolute atomic E-state index is 12.2. The fourth-order valence-electron chi connectivity index (χ4n) is 3.19. The van der Waals surface area contributed by atoms with Gasteiger partial charge in [-0.15, -0.1) is 0 Å². The van der Waals surface area contributed by atoms with Gasteiger partial charge in [-0.2, -0.15) is 0 Å². The van der Waals surface area contributed by atoms with Crippen molar-refractivity contribution in [1.82, 2.24) is 0 Å². The van der Waals surface area contributed by atoms with Crippen molar-refractivity contribution in [2.45, 2.75) is 81.3 Å². The Kier molecular flexibility index (Phi) is 11.2. The smallest absolute Gasteiger partial charge is 0.338 e. The van der Waals surface area contributed by atoms with Crippen LogP contribution in [0.5, 0.6) is 0 Å². The van der Waals surface area contributed by atoms with E-state index in [-0.39, 0.29) is 17.6 Å². The van der Waals surface area contributed by atoms with Crippen molar-refractivity contribution < 1.29 is 19.1 Å². The molecule has 0 spiro atoms. The third-order valence-corrected chi connectivity index (χ3v) is 4.56. The first-order chi connectivity index (χ1) is 12.0. The summed E-state index contributed by atoms with van der Waals surface area (Å²) in [4.78, 5) is 24.2. The molecule has 0 aliphatic rings. The number of carbonyl (C=O) groups excluding carboxylic acids is 2. The summed E-state index contributed by atoms with van der Waals surface area (Å²) in [5, 5.41) is 0. The average molecular weight is 367 g/mol. The number of hydrogen-bond donors (Lipinski definition) is 0. The zero-order chi connectivity index (χ0) is 20.4. The maximum atomic E-state index is 12.2. The van der Waals surface area contributed by atoms with Gasteiger partial charge in [-0.25, -0.2) is 9.59 Å². The summed E-state index contributed by atoms with van der Waals surface area (Å²) in [6, 6.07) is 0. The van der Waals surface area contributed by atoms with Gasteiger partial charge in [0.1, 0.15) is 12.4 Å². The van der Waals surface area contributed by atoms with Gasteiger partial charge in [0.05, 0.1) is 5.57 Å². The monoisotopic (exact) mass is 366 g/mol. The van der Waals surface area contributed by atoms with E-state index in [2.05, 4.69) is 41.5 Å². The highest BCUT2D eigenvalue weighted by Gasteiger charge is 2.27. The van der Waals surface area contributed by atoms with Crippen molar-refractivity contribution in [3.63, 3.8) is 0 Å². The molecule has 0 fully saturated rings. The Morgan fingerprint density at radius 1 is 0.846 bits per heavy atom. The molecule has 0 rings (SSSR count). The highest BCUT2D eigenvalue weighted by atomic mass is 16.5. The van der Waals surface area contributed by atoms with Crippen molar-refractivity contribution in [3.05, 3.63) is 23.5 Å². The first kappa shape index (κ1) is 24.4. The van der Waals surface area contributed by atoms with E-state index in [1.165, 1.54) is 6.26 Å². The molecule has 0 aliphatic heterocycles. The Labute approximate surface area is 160 Å². The molecule has 0 aromatic carbocycles. The summed E-state index contributed by atoms with van der Waals surface area (Å²) in [6.07, 6.45) is 4.74. The average Bonchev–Trinajstić information content (AvgIpc) is 2.50. The van der Waals surface area contributed by atoms with E-state index in [0.29, 0.717) is 23.3 Å². The van der Waals surface area contributed by atoms with Crippen molar-refractivity contribution in [2.24, 2.45) is 23.7 Å². The van der Waals surface area contributed by atoms with Crippen molar-refractivity contribution >= 4 is 11.9 Å². The zero-order valence-electron chi connectivity index (χ0n) is 18.1. The summed E-state index contributed by atoms with van der Waals surface area (Å²) in [7, 11) is 0. The molecule has 0 saturated carbocycles. The van der Waals surface area contributed by atoms with Crippen molar-refractivity contribution in [2.75, 3.05) is 0 Å². The summed E-state index contributed by atoms with van der Waals surface area (Å²) in [5.41, 5.74) is 0.836. The lowest BCUT2D eigenvalue weighted by Gasteiger charge is -2.30. The SMILES string of the molecule is CC(=CCCC(C)C)C(=O)OC=C(C)C(=O)OC(C)C(C(C)C)C(C)C. The Morgan fingerprint density at radius 3 is 1.85 bits per heavy atom. The molecule has 0 aromatic rings. The van der Waals surface area contributed by atoms with Gasteiger partial charge in [-0.3, -0.25) is 0 Å². The molecular formula is C22H38O4. The predicted molar refractivity (Wildman–Crippen MR) is 106 cm³/mol. The van der Waals surface area contributed by atoms with E-state index >= 15 is 0 Å². The molecule has 4 nitrogen and oxygen atoms in total. The normalized spacial score (nSPS) is 14.3. The molecule has 0 N–H and O–H groups in total. The van der Waals surface area contributed by atoms with Crippen LogP contribution in [0.1, 0.15) is 75.2 Å². The molecule has 0 heterocycles. The zero-order valence-corrected chi connectivity index (χ0v) is 18.1. The molecule has 1 atom stereocenters. The fourth-order valence-corrected chi connectivity index (χ4v) is 3.19. The summed E-state index contributed by atoms with van der Waals surface area (Å²) >= 11 is 0. The molecule has 0 aliphatic carbocycles. The molecule has 26 heavy (non-hydrogen) atoms. The number of esters is 2. The van der Waals surface area contributed by atoms with Crippen LogP contribution in [0, 0.1) is 23.7 Å². The van der Waals surface area contributed by atoms with Crippen LogP contribution >= 0.6 is 0 Å². The molecule has 0 saturated heterocycles. The van der Waals surface area contributed by atoms with Crippen LogP contribution in [0.2, 0.25) is 0 Å². The highest BCUT2D eigenvalue weighted by molar-refractivity contribution is 5.90. The van der Waals surface area contributed by atoms with Gasteiger partial charge in [0.15, 0.2) is 0 Å². The van der Waals surface area contributed by atoms with Crippen LogP contribution in [0.4, 0.5) is 0 Å². The van der Waals surface area contributed by atoms with Gasteiger partial charge in [-0.05, 0) is 51.4 Å². The molecule has 0 bridgehead atoms. The first-order valence-corrected chi connectivity index (χ1v) is 9.72. The Hall–Kier alpha value is -1.58. The van der Waals surface area contributed by atoms with Gasteiger partial charge < -0.3 is 9.47 Å². The van der Waals surface area contributed by atoms with Gasteiger partial charge in [0.2, 0.25) is 0 Å². The van der Waals surface area contributed by atoms with E-state index in [0.717, 1.165) is 12.8 Å². The van der Waals surface area contributed by atoms with Crippen LogP contribution in [0.25, 0.3) is 0 Å². The second-order valence-electron chi connectivity index (χ2n) is 8.24. The highest BCUT2D eigenvalue weighted by Crippen LogP contribution is 2.26. The number of rotatable bonds is 10. The molecule has 0 aromatic heterocycles. The lowest BCUT2D eigenvalue weighted by Crippen LogP contribution is -2.32. The van der Waals surface area contributed by atoms with E-state index < -0.39 is 11.9 Å². The minimum Gasteiger partial charge on any atom is -0.459 e. The van der Waals surface area contributed by atoms with Crippen molar-refractivity contribution in [3.8, 4) is 0 Å². The van der Waals surface area contributed by atoms with Crippen LogP contribution in [-0.2, 0) is 19.1 Å². The molecule has 0 radical (unpaired) electrons. The third-order valence-electron chi connectivity index (χ3n) is 4.56. The van der Waals surface area contributed by atoms with Gasteiger partial charge >= 0.3 is 11.9 Å². The number of allylic oxidation sites excluding steroid dienone is 1. The quantitative estimate of drug-likeness (QED) is 0.284. The minimum atomic E-state index is -0.446. The van der Waals surface area contributed by atoms with E-state index in [4.69, 9.17) is 9.47 Å². The molecule has 4 heteroatoms. The van der Waals surface area contributed by atoms with Crippen LogP contribution < -0.4 is 0 Å². The van der Waals surface area contributed by atoms with Gasteiger partial charge in [0, 0.05) is 11.5 Å². The largest absolute Gasteiger partial charge is 0.459 e. The molecular weight excluding hydrogens is 328 g/mol. The molecule has 1 unspecified atom stereocenters. The summed E-state index contributed by atoms with van der Waals surface area (Å²) in [6.45, 7) is 18.1. The fraction of sp³-hybridized carbons (Fsp3) is 0.727. The Morgan fingerprint density at radius 2 is 1.38 bits per heavy atom. The summed E-state index contributed by atoms with van der Waals surface area (Å²) in [5.74, 6) is 0.821. The van der Waals surface area contributed by atoms with E-state index in [1.54, 1.807) is 13.8 Å². The van der Waals surface area contributed by atoms with E-state index in [1.807, 2.05) is 13.0 Å². The number of ether oxygens (including phenoxy) is 2. The van der Waals surface area contributed by atoms with Crippen LogP contribution in [-0.4, -0.2) is 18.0 Å². The van der Waals surface area contributed by atoms with Crippen molar-refractivity contribution in [1.29, 1.82) is 0 Å². The van der Waals surface area contributed by atoms with Gasteiger partial charge in [-0.1, -0.05) is 47.6 Å². The number of carbonyl (C=O) groups is 2. The van der Waals surface area contributed by atoms with E-state index in [9.17, 15) is 9.59 Å². The van der Waals surface area contributed by atoms with Crippen LogP contribution in [0.3, 0.4) is 0 Å². The summed E-state index contributed by atoms with van der Waals surface area (Å²) < 4.78 is 10.7. The lowest BCUT2D eigenvalue weighted by atomic mass is 9.82. The first-order valence-electron chi connectivity index (χ1n) is 9.72. The predicted octanol–water partition coefficient (Wildman–Crippen LogP) is 5.68. The second kappa shape index (κ2) is 11.9. The van der Waals surface area contributed by atoms with Crippen LogP contribution in [0.15, 0.2) is 23.5 Å². The second-order valence-corrected chi connectivity index (χ2v) is 8.24. The standard InChI is InChI=1S/C22H38O4/c1-14(2)11-10-12-17(7)21(23)25-13-18(8)22(24)26-19(9)20(15(3)4)16(5)6/h12-16,19-20H,10-11H2,1-9H3. The Bertz CT molecular complexity index is 504. The number of hydrogen-bond acceptors (Lipinski definition) is 4.